The van der Waals surface area contributed by atoms with Crippen molar-refractivity contribution in [2.45, 2.75) is 38.2 Å². The number of para-hydroxylation sites is 1. The maximum absolute atomic E-state index is 13.8. The smallest absolute Gasteiger partial charge is 0.348 e. The van der Waals surface area contributed by atoms with Crippen LogP contribution in [-0.4, -0.2) is 29.2 Å². The van der Waals surface area contributed by atoms with Crippen LogP contribution >= 0.6 is 23.1 Å². The standard InChI is InChI=1S/C26H26N2O4S2/c1-5-32-25(30)22-17(3)21-23(34-22)27-26(33-15-19-12-7-6-10-16(19)2)28(24(21)29)14-18-11-8-9-13-20(18)31-4/h6-13H,5,14-15H2,1-4H3. The van der Waals surface area contributed by atoms with Gasteiger partial charge in [0.1, 0.15) is 15.5 Å². The van der Waals surface area contributed by atoms with Crippen molar-refractivity contribution < 1.29 is 14.3 Å². The molecular formula is C26H26N2O4S2. The predicted molar refractivity (Wildman–Crippen MR) is 137 cm³/mol. The normalized spacial score (nSPS) is 11.1. The van der Waals surface area contributed by atoms with Gasteiger partial charge < -0.3 is 9.47 Å². The van der Waals surface area contributed by atoms with E-state index in [4.69, 9.17) is 14.5 Å². The van der Waals surface area contributed by atoms with Gasteiger partial charge in [0.15, 0.2) is 5.16 Å². The Morgan fingerprint density at radius 3 is 2.50 bits per heavy atom. The molecule has 2 heterocycles. The number of nitrogens with zero attached hydrogens (tertiary/aromatic N) is 2. The molecule has 2 aromatic heterocycles. The topological polar surface area (TPSA) is 70.4 Å². The van der Waals surface area contributed by atoms with Gasteiger partial charge in [-0.05, 0) is 43.5 Å². The SMILES string of the molecule is CCOC(=O)c1sc2nc(SCc3ccccc3C)n(Cc3ccccc3OC)c(=O)c2c1C. The highest BCUT2D eigenvalue weighted by Crippen LogP contribution is 2.32. The summed E-state index contributed by atoms with van der Waals surface area (Å²) in [5.74, 6) is 0.956. The van der Waals surface area contributed by atoms with E-state index >= 15 is 0 Å². The van der Waals surface area contributed by atoms with Crippen LogP contribution in [0.1, 0.15) is 38.8 Å². The van der Waals surface area contributed by atoms with Crippen LogP contribution in [0.2, 0.25) is 0 Å². The Hall–Kier alpha value is -3.10. The first-order valence-electron chi connectivity index (χ1n) is 10.9. The monoisotopic (exact) mass is 494 g/mol. The van der Waals surface area contributed by atoms with Gasteiger partial charge in [-0.15, -0.1) is 11.3 Å². The molecule has 0 aliphatic heterocycles. The summed E-state index contributed by atoms with van der Waals surface area (Å²) < 4.78 is 12.4. The lowest BCUT2D eigenvalue weighted by atomic mass is 10.1. The number of aryl methyl sites for hydroxylation is 2. The number of carbonyl (C=O) groups is 1. The molecule has 4 rings (SSSR count). The van der Waals surface area contributed by atoms with Crippen LogP contribution in [0.25, 0.3) is 10.2 Å². The number of hydrogen-bond donors (Lipinski definition) is 0. The van der Waals surface area contributed by atoms with Crippen molar-refractivity contribution in [1.29, 1.82) is 0 Å². The van der Waals surface area contributed by atoms with Crippen LogP contribution < -0.4 is 10.3 Å². The number of methoxy groups -OCH3 is 1. The number of thioether (sulfide) groups is 1. The molecular weight excluding hydrogens is 468 g/mol. The van der Waals surface area contributed by atoms with Crippen molar-refractivity contribution in [3.05, 3.63) is 86.0 Å². The van der Waals surface area contributed by atoms with Crippen molar-refractivity contribution in [3.8, 4) is 5.75 Å². The van der Waals surface area contributed by atoms with Gasteiger partial charge in [0.05, 0.1) is 25.6 Å². The van der Waals surface area contributed by atoms with Gasteiger partial charge in [0.25, 0.3) is 5.56 Å². The molecule has 0 spiro atoms. The summed E-state index contributed by atoms with van der Waals surface area (Å²) in [7, 11) is 1.62. The van der Waals surface area contributed by atoms with E-state index in [1.807, 2.05) is 36.4 Å². The molecule has 8 heteroatoms. The quantitative estimate of drug-likeness (QED) is 0.180. The Morgan fingerprint density at radius 1 is 1.09 bits per heavy atom. The van der Waals surface area contributed by atoms with Crippen LogP contribution in [0.15, 0.2) is 58.5 Å². The minimum Gasteiger partial charge on any atom is -0.496 e. The molecule has 176 valence electrons. The zero-order chi connectivity index (χ0) is 24.2. The maximum Gasteiger partial charge on any atom is 0.348 e. The fraction of sp³-hybridized carbons (Fsp3) is 0.269. The first kappa shape index (κ1) is 24.0. The molecule has 0 saturated heterocycles. The highest BCUT2D eigenvalue weighted by molar-refractivity contribution is 7.98. The number of hydrogen-bond acceptors (Lipinski definition) is 7. The summed E-state index contributed by atoms with van der Waals surface area (Å²) in [6.07, 6.45) is 0. The van der Waals surface area contributed by atoms with Gasteiger partial charge in [-0.2, -0.15) is 0 Å². The molecule has 0 fully saturated rings. The van der Waals surface area contributed by atoms with Crippen molar-refractivity contribution in [1.82, 2.24) is 9.55 Å². The third-order valence-corrected chi connectivity index (χ3v) is 7.81. The Bertz CT molecular complexity index is 1410. The largest absolute Gasteiger partial charge is 0.496 e. The lowest BCUT2D eigenvalue weighted by molar-refractivity contribution is 0.0531. The highest BCUT2D eigenvalue weighted by atomic mass is 32.2. The summed E-state index contributed by atoms with van der Waals surface area (Å²) >= 11 is 2.72. The second kappa shape index (κ2) is 10.4. The van der Waals surface area contributed by atoms with Crippen LogP contribution in [0.4, 0.5) is 0 Å². The van der Waals surface area contributed by atoms with Gasteiger partial charge in [-0.25, -0.2) is 9.78 Å². The van der Waals surface area contributed by atoms with Crippen molar-refractivity contribution in [3.63, 3.8) is 0 Å². The molecule has 0 saturated carbocycles. The van der Waals surface area contributed by atoms with E-state index in [2.05, 4.69) is 19.1 Å². The van der Waals surface area contributed by atoms with E-state index in [1.54, 1.807) is 25.5 Å². The van der Waals surface area contributed by atoms with E-state index in [9.17, 15) is 9.59 Å². The number of aromatic nitrogens is 2. The molecule has 0 N–H and O–H groups in total. The number of fused-ring (bicyclic) bond motifs is 1. The van der Waals surface area contributed by atoms with Crippen LogP contribution in [-0.2, 0) is 17.0 Å². The number of benzene rings is 2. The van der Waals surface area contributed by atoms with Crippen LogP contribution in [0, 0.1) is 13.8 Å². The fourth-order valence-corrected chi connectivity index (χ4v) is 5.95. The highest BCUT2D eigenvalue weighted by Gasteiger charge is 2.23. The lowest BCUT2D eigenvalue weighted by Gasteiger charge is -2.15. The van der Waals surface area contributed by atoms with E-state index < -0.39 is 5.97 Å². The van der Waals surface area contributed by atoms with Gasteiger partial charge >= 0.3 is 5.97 Å². The number of rotatable bonds is 8. The van der Waals surface area contributed by atoms with Crippen molar-refractivity contribution >= 4 is 39.3 Å². The molecule has 0 unspecified atom stereocenters. The van der Waals surface area contributed by atoms with Gasteiger partial charge in [-0.3, -0.25) is 9.36 Å². The Balaban J connectivity index is 1.84. The molecule has 4 aromatic rings. The molecule has 0 radical (unpaired) electrons. The van der Waals surface area contributed by atoms with E-state index in [0.29, 0.717) is 43.9 Å². The molecule has 0 bridgehead atoms. The molecule has 0 amide bonds. The second-order valence-electron chi connectivity index (χ2n) is 7.77. The van der Waals surface area contributed by atoms with Crippen LogP contribution in [0.5, 0.6) is 5.75 Å². The third kappa shape index (κ3) is 4.74. The van der Waals surface area contributed by atoms with E-state index in [0.717, 1.165) is 5.56 Å². The van der Waals surface area contributed by atoms with Gasteiger partial charge in [0.2, 0.25) is 0 Å². The molecule has 0 aliphatic rings. The van der Waals surface area contributed by atoms with E-state index in [1.165, 1.54) is 34.2 Å². The summed E-state index contributed by atoms with van der Waals surface area (Å²) in [6.45, 7) is 6.20. The number of carbonyl (C=O) groups excluding carboxylic acids is 1. The number of thiophene rings is 1. The number of ether oxygens (including phenoxy) is 2. The first-order valence-corrected chi connectivity index (χ1v) is 12.7. The molecule has 2 aromatic carbocycles. The van der Waals surface area contributed by atoms with Crippen molar-refractivity contribution in [2.24, 2.45) is 0 Å². The minimum absolute atomic E-state index is 0.174. The Kier molecular flexibility index (Phi) is 7.38. The van der Waals surface area contributed by atoms with E-state index in [-0.39, 0.29) is 12.2 Å². The molecule has 34 heavy (non-hydrogen) atoms. The summed E-state index contributed by atoms with van der Waals surface area (Å²) in [6, 6.07) is 15.8. The minimum atomic E-state index is -0.423. The van der Waals surface area contributed by atoms with Gasteiger partial charge in [-0.1, -0.05) is 54.2 Å². The Morgan fingerprint density at radius 2 is 1.79 bits per heavy atom. The predicted octanol–water partition coefficient (Wildman–Crippen LogP) is 5.60. The summed E-state index contributed by atoms with van der Waals surface area (Å²) in [5.41, 5.74) is 3.68. The molecule has 0 atom stereocenters. The van der Waals surface area contributed by atoms with Crippen molar-refractivity contribution in [2.75, 3.05) is 13.7 Å². The average Bonchev–Trinajstić information content (AvgIpc) is 3.17. The third-order valence-electron chi connectivity index (χ3n) is 5.62. The average molecular weight is 495 g/mol. The Labute approximate surface area is 206 Å². The maximum atomic E-state index is 13.8. The molecule has 6 nitrogen and oxygen atoms in total. The first-order chi connectivity index (χ1) is 16.4. The van der Waals surface area contributed by atoms with Crippen LogP contribution in [0.3, 0.4) is 0 Å². The number of esters is 1. The fourth-order valence-electron chi connectivity index (χ4n) is 3.76. The lowest BCUT2D eigenvalue weighted by Crippen LogP contribution is -2.24. The molecule has 0 aliphatic carbocycles. The second-order valence-corrected chi connectivity index (χ2v) is 9.71. The zero-order valence-electron chi connectivity index (χ0n) is 19.6. The summed E-state index contributed by atoms with van der Waals surface area (Å²) in [4.78, 5) is 32.1. The van der Waals surface area contributed by atoms with Gasteiger partial charge in [0, 0.05) is 11.3 Å². The zero-order valence-corrected chi connectivity index (χ0v) is 21.2. The summed E-state index contributed by atoms with van der Waals surface area (Å²) in [5, 5.41) is 1.06.